The van der Waals surface area contributed by atoms with Gasteiger partial charge in [0.2, 0.25) is 0 Å². The summed E-state index contributed by atoms with van der Waals surface area (Å²) in [5.41, 5.74) is 0. The maximum Gasteiger partial charge on any atom is 0.0174 e. The van der Waals surface area contributed by atoms with Crippen LogP contribution in [0.3, 0.4) is 0 Å². The van der Waals surface area contributed by atoms with E-state index in [0.717, 1.165) is 10.7 Å². The first kappa shape index (κ1) is 10.9. The van der Waals surface area contributed by atoms with Crippen molar-refractivity contribution >= 4 is 27.7 Å². The van der Waals surface area contributed by atoms with E-state index in [-0.39, 0.29) is 0 Å². The number of halogens is 1. The number of hydrogen-bond donors (Lipinski definition) is 0. The van der Waals surface area contributed by atoms with Crippen LogP contribution in [0, 0.1) is 5.92 Å². The maximum atomic E-state index is 3.83. The molecule has 0 spiro atoms. The van der Waals surface area contributed by atoms with E-state index in [1.807, 2.05) is 11.8 Å². The van der Waals surface area contributed by atoms with E-state index >= 15 is 0 Å². The fourth-order valence-electron chi connectivity index (χ4n) is 1.93. The van der Waals surface area contributed by atoms with E-state index in [2.05, 4.69) is 22.2 Å². The average molecular weight is 251 g/mol. The van der Waals surface area contributed by atoms with Gasteiger partial charge in [-0.25, -0.2) is 0 Å². The summed E-state index contributed by atoms with van der Waals surface area (Å²) in [5.74, 6) is 2.30. The van der Waals surface area contributed by atoms with E-state index in [0.29, 0.717) is 0 Å². The van der Waals surface area contributed by atoms with Crippen LogP contribution in [0.25, 0.3) is 0 Å². The molecular formula is C10H19BrS. The van der Waals surface area contributed by atoms with Crippen molar-refractivity contribution in [3.63, 3.8) is 0 Å². The van der Waals surface area contributed by atoms with Crippen molar-refractivity contribution in [2.24, 2.45) is 5.92 Å². The molecule has 2 atom stereocenters. The van der Waals surface area contributed by atoms with Crippen LogP contribution in [-0.4, -0.2) is 16.8 Å². The Morgan fingerprint density at radius 3 is 2.75 bits per heavy atom. The van der Waals surface area contributed by atoms with Gasteiger partial charge in [-0.05, 0) is 37.2 Å². The Bertz CT molecular complexity index is 116. The standard InChI is InChI=1S/C10H19BrS/c1-12-8-7-9-5-3-2-4-6-10(9)11/h9-10H,2-8H2,1H3. The normalized spacial score (nSPS) is 31.5. The summed E-state index contributed by atoms with van der Waals surface area (Å²) < 4.78 is 0. The number of alkyl halides is 1. The van der Waals surface area contributed by atoms with Crippen molar-refractivity contribution in [3.8, 4) is 0 Å². The van der Waals surface area contributed by atoms with Gasteiger partial charge in [-0.3, -0.25) is 0 Å². The number of thioether (sulfide) groups is 1. The van der Waals surface area contributed by atoms with Gasteiger partial charge < -0.3 is 0 Å². The predicted octanol–water partition coefficient (Wildman–Crippen LogP) is 4.08. The van der Waals surface area contributed by atoms with Crippen LogP contribution < -0.4 is 0 Å². The lowest BCUT2D eigenvalue weighted by Crippen LogP contribution is -2.13. The number of rotatable bonds is 3. The van der Waals surface area contributed by atoms with Gasteiger partial charge in [0, 0.05) is 4.83 Å². The average Bonchev–Trinajstić information content (AvgIpc) is 2.27. The molecule has 0 radical (unpaired) electrons. The molecule has 0 N–H and O–H groups in total. The Hall–Kier alpha value is 0.830. The Morgan fingerprint density at radius 2 is 2.00 bits per heavy atom. The third kappa shape index (κ3) is 3.69. The lowest BCUT2D eigenvalue weighted by molar-refractivity contribution is 0.467. The van der Waals surface area contributed by atoms with Gasteiger partial charge in [0.15, 0.2) is 0 Å². The molecule has 2 unspecified atom stereocenters. The van der Waals surface area contributed by atoms with Gasteiger partial charge in [0.05, 0.1) is 0 Å². The van der Waals surface area contributed by atoms with Crippen LogP contribution in [0.15, 0.2) is 0 Å². The molecule has 1 rings (SSSR count). The second kappa shape index (κ2) is 6.31. The molecule has 0 aromatic rings. The first-order valence-electron chi connectivity index (χ1n) is 4.97. The third-order valence-electron chi connectivity index (χ3n) is 2.76. The number of hydrogen-bond acceptors (Lipinski definition) is 1. The predicted molar refractivity (Wildman–Crippen MR) is 62.3 cm³/mol. The minimum atomic E-state index is 0.812. The van der Waals surface area contributed by atoms with E-state index in [9.17, 15) is 0 Å². The summed E-state index contributed by atoms with van der Waals surface area (Å²) in [4.78, 5) is 0.812. The summed E-state index contributed by atoms with van der Waals surface area (Å²) in [5, 5.41) is 0. The summed E-state index contributed by atoms with van der Waals surface area (Å²) in [7, 11) is 0. The van der Waals surface area contributed by atoms with Crippen LogP contribution >= 0.6 is 27.7 Å². The molecule has 0 aliphatic heterocycles. The largest absolute Gasteiger partial charge is 0.165 e. The van der Waals surface area contributed by atoms with Crippen LogP contribution in [0.5, 0.6) is 0 Å². The summed E-state index contributed by atoms with van der Waals surface area (Å²) in [6.07, 6.45) is 10.8. The molecule has 0 nitrogen and oxygen atoms in total. The summed E-state index contributed by atoms with van der Waals surface area (Å²) in [6.45, 7) is 0. The molecule has 1 fully saturated rings. The van der Waals surface area contributed by atoms with Crippen molar-refractivity contribution in [1.29, 1.82) is 0 Å². The highest BCUT2D eigenvalue weighted by Crippen LogP contribution is 2.31. The highest BCUT2D eigenvalue weighted by atomic mass is 79.9. The van der Waals surface area contributed by atoms with Crippen molar-refractivity contribution in [2.45, 2.75) is 43.4 Å². The third-order valence-corrected chi connectivity index (χ3v) is 4.61. The van der Waals surface area contributed by atoms with E-state index in [1.54, 1.807) is 0 Å². The van der Waals surface area contributed by atoms with E-state index in [1.165, 1.54) is 44.3 Å². The second-order valence-electron chi connectivity index (χ2n) is 3.70. The SMILES string of the molecule is CSCCC1CCCCCC1Br. The Balaban J connectivity index is 2.26. The van der Waals surface area contributed by atoms with Crippen molar-refractivity contribution in [1.82, 2.24) is 0 Å². The molecule has 0 aromatic carbocycles. The van der Waals surface area contributed by atoms with E-state index < -0.39 is 0 Å². The molecule has 0 heterocycles. The zero-order chi connectivity index (χ0) is 8.81. The van der Waals surface area contributed by atoms with Crippen LogP contribution in [0.4, 0.5) is 0 Å². The van der Waals surface area contributed by atoms with E-state index in [4.69, 9.17) is 0 Å². The quantitative estimate of drug-likeness (QED) is 0.538. The fourth-order valence-corrected chi connectivity index (χ4v) is 3.32. The molecule has 0 saturated heterocycles. The lowest BCUT2D eigenvalue weighted by Gasteiger charge is -2.18. The molecule has 0 bridgehead atoms. The van der Waals surface area contributed by atoms with Gasteiger partial charge in [0.1, 0.15) is 0 Å². The summed E-state index contributed by atoms with van der Waals surface area (Å²) >= 11 is 5.81. The molecule has 1 aliphatic rings. The molecule has 12 heavy (non-hydrogen) atoms. The first-order chi connectivity index (χ1) is 5.84. The second-order valence-corrected chi connectivity index (χ2v) is 5.86. The zero-order valence-electron chi connectivity index (χ0n) is 7.89. The minimum Gasteiger partial charge on any atom is -0.165 e. The monoisotopic (exact) mass is 250 g/mol. The lowest BCUT2D eigenvalue weighted by atomic mass is 9.98. The highest BCUT2D eigenvalue weighted by molar-refractivity contribution is 9.09. The highest BCUT2D eigenvalue weighted by Gasteiger charge is 2.20. The van der Waals surface area contributed by atoms with Crippen molar-refractivity contribution in [2.75, 3.05) is 12.0 Å². The smallest absolute Gasteiger partial charge is 0.0174 e. The van der Waals surface area contributed by atoms with Crippen LogP contribution in [-0.2, 0) is 0 Å². The first-order valence-corrected chi connectivity index (χ1v) is 7.28. The van der Waals surface area contributed by atoms with Gasteiger partial charge in [-0.15, -0.1) is 0 Å². The Labute approximate surface area is 89.0 Å². The maximum absolute atomic E-state index is 3.83. The molecular weight excluding hydrogens is 232 g/mol. The van der Waals surface area contributed by atoms with Gasteiger partial charge in [-0.2, -0.15) is 11.8 Å². The molecule has 1 aliphatic carbocycles. The topological polar surface area (TPSA) is 0 Å². The molecule has 72 valence electrons. The zero-order valence-corrected chi connectivity index (χ0v) is 10.3. The summed E-state index contributed by atoms with van der Waals surface area (Å²) in [6, 6.07) is 0. The molecule has 0 aromatic heterocycles. The minimum absolute atomic E-state index is 0.812. The molecule has 0 amide bonds. The Morgan fingerprint density at radius 1 is 1.25 bits per heavy atom. The fraction of sp³-hybridized carbons (Fsp3) is 1.00. The van der Waals surface area contributed by atoms with Crippen LogP contribution in [0.1, 0.15) is 38.5 Å². The molecule has 2 heteroatoms. The van der Waals surface area contributed by atoms with Gasteiger partial charge in [0.25, 0.3) is 0 Å². The van der Waals surface area contributed by atoms with Gasteiger partial charge >= 0.3 is 0 Å². The van der Waals surface area contributed by atoms with Crippen molar-refractivity contribution in [3.05, 3.63) is 0 Å². The van der Waals surface area contributed by atoms with Gasteiger partial charge in [-0.1, -0.05) is 35.2 Å². The van der Waals surface area contributed by atoms with Crippen molar-refractivity contribution < 1.29 is 0 Å². The Kier molecular flexibility index (Phi) is 5.73. The molecule has 1 saturated carbocycles. The van der Waals surface area contributed by atoms with Crippen LogP contribution in [0.2, 0.25) is 0 Å².